The summed E-state index contributed by atoms with van der Waals surface area (Å²) in [5.41, 5.74) is 1.09. The quantitative estimate of drug-likeness (QED) is 0.860. The summed E-state index contributed by atoms with van der Waals surface area (Å²) in [7, 11) is 0. The highest BCUT2D eigenvalue weighted by Crippen LogP contribution is 2.04. The maximum Gasteiger partial charge on any atom is 0.356 e. The van der Waals surface area contributed by atoms with E-state index in [0.717, 1.165) is 10.2 Å². The Bertz CT molecular complexity index is 649. The standard InChI is InChI=1S/C12H11N3O3/c1-8-3-2-6-13-10(8)7-15-11(16)5-4-9(14-15)12(17)18/h2-6H,7H2,1H3,(H,17,18). The minimum atomic E-state index is -1.17. The second-order valence-corrected chi connectivity index (χ2v) is 3.79. The van der Waals surface area contributed by atoms with Crippen LogP contribution in [0.3, 0.4) is 0 Å². The maximum atomic E-state index is 11.6. The van der Waals surface area contributed by atoms with E-state index < -0.39 is 5.97 Å². The molecular weight excluding hydrogens is 234 g/mol. The number of rotatable bonds is 3. The molecule has 2 aromatic heterocycles. The molecule has 92 valence electrons. The fraction of sp³-hybridized carbons (Fsp3) is 0.167. The van der Waals surface area contributed by atoms with Crippen molar-refractivity contribution in [1.82, 2.24) is 14.8 Å². The molecule has 0 aliphatic rings. The predicted molar refractivity (Wildman–Crippen MR) is 63.5 cm³/mol. The van der Waals surface area contributed by atoms with E-state index in [2.05, 4.69) is 10.1 Å². The molecule has 2 heterocycles. The Hall–Kier alpha value is -2.50. The van der Waals surface area contributed by atoms with Crippen molar-refractivity contribution in [3.05, 3.63) is 57.8 Å². The van der Waals surface area contributed by atoms with Crippen molar-refractivity contribution in [3.63, 3.8) is 0 Å². The van der Waals surface area contributed by atoms with E-state index in [1.807, 2.05) is 13.0 Å². The molecule has 0 atom stereocenters. The lowest BCUT2D eigenvalue weighted by Crippen LogP contribution is -2.25. The summed E-state index contributed by atoms with van der Waals surface area (Å²) in [5, 5.41) is 12.6. The van der Waals surface area contributed by atoms with E-state index in [1.54, 1.807) is 12.3 Å². The highest BCUT2D eigenvalue weighted by Gasteiger charge is 2.08. The Morgan fingerprint density at radius 3 is 2.83 bits per heavy atom. The van der Waals surface area contributed by atoms with Gasteiger partial charge in [-0.1, -0.05) is 6.07 Å². The molecule has 0 fully saturated rings. The number of hydrogen-bond donors (Lipinski definition) is 1. The van der Waals surface area contributed by atoms with Crippen molar-refractivity contribution in [3.8, 4) is 0 Å². The Morgan fingerprint density at radius 1 is 1.39 bits per heavy atom. The van der Waals surface area contributed by atoms with Gasteiger partial charge in [0.1, 0.15) is 0 Å². The van der Waals surface area contributed by atoms with Crippen LogP contribution < -0.4 is 5.56 Å². The van der Waals surface area contributed by atoms with Crippen LogP contribution in [0, 0.1) is 6.92 Å². The average molecular weight is 245 g/mol. The smallest absolute Gasteiger partial charge is 0.356 e. The van der Waals surface area contributed by atoms with Crippen LogP contribution in [0.25, 0.3) is 0 Å². The van der Waals surface area contributed by atoms with Gasteiger partial charge < -0.3 is 5.11 Å². The van der Waals surface area contributed by atoms with E-state index in [4.69, 9.17) is 5.11 Å². The number of carbonyl (C=O) groups is 1. The molecule has 0 radical (unpaired) electrons. The number of carboxylic acid groups (broad SMARTS) is 1. The van der Waals surface area contributed by atoms with Gasteiger partial charge in [0, 0.05) is 12.3 Å². The van der Waals surface area contributed by atoms with E-state index in [-0.39, 0.29) is 17.8 Å². The molecule has 0 amide bonds. The number of nitrogens with zero attached hydrogens (tertiary/aromatic N) is 3. The summed E-state index contributed by atoms with van der Waals surface area (Å²) < 4.78 is 1.10. The third kappa shape index (κ3) is 2.42. The van der Waals surface area contributed by atoms with Crippen molar-refractivity contribution >= 4 is 5.97 Å². The van der Waals surface area contributed by atoms with Gasteiger partial charge in [-0.2, -0.15) is 5.10 Å². The molecule has 0 saturated carbocycles. The van der Waals surface area contributed by atoms with Gasteiger partial charge in [-0.15, -0.1) is 0 Å². The van der Waals surface area contributed by atoms with Crippen LogP contribution in [0.4, 0.5) is 0 Å². The zero-order valence-corrected chi connectivity index (χ0v) is 9.70. The molecule has 2 aromatic rings. The Morgan fingerprint density at radius 2 is 2.17 bits per heavy atom. The van der Waals surface area contributed by atoms with Crippen LogP contribution >= 0.6 is 0 Å². The molecule has 6 nitrogen and oxygen atoms in total. The number of carboxylic acids is 1. The highest BCUT2D eigenvalue weighted by molar-refractivity contribution is 5.84. The van der Waals surface area contributed by atoms with Crippen LogP contribution in [0.1, 0.15) is 21.7 Å². The minimum Gasteiger partial charge on any atom is -0.476 e. The van der Waals surface area contributed by atoms with Gasteiger partial charge in [0.15, 0.2) is 5.69 Å². The molecule has 0 unspecified atom stereocenters. The number of aromatic carboxylic acids is 1. The maximum absolute atomic E-state index is 11.6. The Balaban J connectivity index is 2.40. The lowest BCUT2D eigenvalue weighted by Gasteiger charge is -2.06. The van der Waals surface area contributed by atoms with Gasteiger partial charge in [0.25, 0.3) is 5.56 Å². The molecule has 1 N–H and O–H groups in total. The third-order valence-electron chi connectivity index (χ3n) is 2.50. The van der Waals surface area contributed by atoms with Gasteiger partial charge in [-0.25, -0.2) is 9.48 Å². The number of aromatic nitrogens is 3. The van der Waals surface area contributed by atoms with Crippen molar-refractivity contribution in [1.29, 1.82) is 0 Å². The van der Waals surface area contributed by atoms with Crippen LogP contribution in [-0.4, -0.2) is 25.8 Å². The summed E-state index contributed by atoms with van der Waals surface area (Å²) in [6, 6.07) is 6.04. The molecule has 2 rings (SSSR count). The number of pyridine rings is 1. The Kier molecular flexibility index (Phi) is 3.18. The fourth-order valence-corrected chi connectivity index (χ4v) is 1.50. The topological polar surface area (TPSA) is 85.1 Å². The van der Waals surface area contributed by atoms with Crippen molar-refractivity contribution in [2.75, 3.05) is 0 Å². The highest BCUT2D eigenvalue weighted by atomic mass is 16.4. The van der Waals surface area contributed by atoms with Gasteiger partial charge in [-0.3, -0.25) is 9.78 Å². The minimum absolute atomic E-state index is 0.159. The first-order valence-corrected chi connectivity index (χ1v) is 5.30. The van der Waals surface area contributed by atoms with E-state index in [9.17, 15) is 9.59 Å². The summed E-state index contributed by atoms with van der Waals surface area (Å²) in [6.07, 6.45) is 1.62. The van der Waals surface area contributed by atoms with Crippen LogP contribution in [0.15, 0.2) is 35.3 Å². The molecule has 0 saturated heterocycles. The lowest BCUT2D eigenvalue weighted by molar-refractivity contribution is 0.0687. The molecule has 18 heavy (non-hydrogen) atoms. The molecule has 0 aromatic carbocycles. The first-order valence-electron chi connectivity index (χ1n) is 5.30. The van der Waals surface area contributed by atoms with Crippen LogP contribution in [0.5, 0.6) is 0 Å². The molecule has 0 bridgehead atoms. The molecule has 6 heteroatoms. The van der Waals surface area contributed by atoms with Gasteiger partial charge in [0.05, 0.1) is 12.2 Å². The largest absolute Gasteiger partial charge is 0.476 e. The second kappa shape index (κ2) is 4.79. The van der Waals surface area contributed by atoms with E-state index >= 15 is 0 Å². The summed E-state index contributed by atoms with van der Waals surface area (Å²) in [5.74, 6) is -1.17. The second-order valence-electron chi connectivity index (χ2n) is 3.79. The first kappa shape index (κ1) is 12.0. The predicted octanol–water partition coefficient (Wildman–Crippen LogP) is 0.693. The van der Waals surface area contributed by atoms with Crippen LogP contribution in [0.2, 0.25) is 0 Å². The van der Waals surface area contributed by atoms with E-state index in [1.165, 1.54) is 12.1 Å². The van der Waals surface area contributed by atoms with Crippen molar-refractivity contribution in [2.45, 2.75) is 13.5 Å². The monoisotopic (exact) mass is 245 g/mol. The average Bonchev–Trinajstić information content (AvgIpc) is 2.34. The number of hydrogen-bond acceptors (Lipinski definition) is 4. The fourth-order valence-electron chi connectivity index (χ4n) is 1.50. The van der Waals surface area contributed by atoms with Gasteiger partial charge >= 0.3 is 5.97 Å². The van der Waals surface area contributed by atoms with Crippen LogP contribution in [-0.2, 0) is 6.54 Å². The summed E-state index contributed by atoms with van der Waals surface area (Å²) >= 11 is 0. The van der Waals surface area contributed by atoms with Crippen molar-refractivity contribution in [2.24, 2.45) is 0 Å². The summed E-state index contributed by atoms with van der Waals surface area (Å²) in [4.78, 5) is 26.5. The molecule has 0 aliphatic carbocycles. The first-order chi connectivity index (χ1) is 8.58. The lowest BCUT2D eigenvalue weighted by atomic mass is 10.2. The van der Waals surface area contributed by atoms with Gasteiger partial charge in [0.2, 0.25) is 0 Å². The summed E-state index contributed by atoms with van der Waals surface area (Å²) in [6.45, 7) is 2.03. The van der Waals surface area contributed by atoms with E-state index in [0.29, 0.717) is 5.69 Å². The SMILES string of the molecule is Cc1cccnc1Cn1nc(C(=O)O)ccc1=O. The zero-order valence-electron chi connectivity index (χ0n) is 9.70. The van der Waals surface area contributed by atoms with Crippen molar-refractivity contribution < 1.29 is 9.90 Å². The van der Waals surface area contributed by atoms with Gasteiger partial charge in [-0.05, 0) is 24.6 Å². The zero-order chi connectivity index (χ0) is 13.1. The number of aryl methyl sites for hydroxylation is 1. The Labute approximate surface area is 103 Å². The molecular formula is C12H11N3O3. The normalized spacial score (nSPS) is 10.3. The third-order valence-corrected chi connectivity index (χ3v) is 2.50. The molecule has 0 spiro atoms. The molecule has 0 aliphatic heterocycles.